The van der Waals surface area contributed by atoms with E-state index in [9.17, 15) is 5.11 Å². The molecule has 0 aliphatic carbocycles. The predicted octanol–water partition coefficient (Wildman–Crippen LogP) is 3.78. The van der Waals surface area contributed by atoms with Crippen LogP contribution in [-0.4, -0.2) is 46.2 Å². The van der Waals surface area contributed by atoms with Crippen molar-refractivity contribution in [3.8, 4) is 11.5 Å². The summed E-state index contributed by atoms with van der Waals surface area (Å²) < 4.78 is 5.42. The lowest BCUT2D eigenvalue weighted by atomic mass is 9.97. The smallest absolute Gasteiger partial charge is 0.225 e. The molecule has 5 rings (SSSR count). The molecular formula is C24H30N4O2. The first-order valence-electron chi connectivity index (χ1n) is 11.0. The Hall–Kier alpha value is -2.60. The molecule has 30 heavy (non-hydrogen) atoms. The second kappa shape index (κ2) is 7.91. The molecule has 0 radical (unpaired) electrons. The minimum absolute atomic E-state index is 0.218. The van der Waals surface area contributed by atoms with Crippen molar-refractivity contribution in [2.75, 3.05) is 25.1 Å². The number of nitrogens with zero attached hydrogens (tertiary/aromatic N) is 4. The molecule has 3 aliphatic heterocycles. The Morgan fingerprint density at radius 1 is 1.27 bits per heavy atom. The lowest BCUT2D eigenvalue weighted by Gasteiger charge is -2.36. The van der Waals surface area contributed by atoms with Gasteiger partial charge in [-0.3, -0.25) is 4.90 Å². The van der Waals surface area contributed by atoms with Crippen LogP contribution in [0.5, 0.6) is 11.5 Å². The maximum absolute atomic E-state index is 10.4. The lowest BCUT2D eigenvalue weighted by molar-refractivity contribution is 0.166. The minimum Gasteiger partial charge on any atom is -0.504 e. The number of rotatable bonds is 6. The molecule has 1 aromatic heterocycles. The highest BCUT2D eigenvalue weighted by atomic mass is 16.5. The number of hydrogen-bond acceptors (Lipinski definition) is 6. The molecule has 158 valence electrons. The molecule has 2 atom stereocenters. The van der Waals surface area contributed by atoms with Crippen molar-refractivity contribution >= 4 is 5.95 Å². The molecule has 2 saturated heterocycles. The summed E-state index contributed by atoms with van der Waals surface area (Å²) in [5.74, 6) is 1.67. The normalized spacial score (nSPS) is 22.9. The number of methoxy groups -OCH3 is 1. The van der Waals surface area contributed by atoms with E-state index in [2.05, 4.69) is 28.6 Å². The van der Waals surface area contributed by atoms with Crippen LogP contribution in [0.2, 0.25) is 0 Å². The van der Waals surface area contributed by atoms with Gasteiger partial charge in [0, 0.05) is 55.5 Å². The molecule has 1 aromatic carbocycles. The molecule has 6 heteroatoms. The average molecular weight is 407 g/mol. The third-order valence-electron chi connectivity index (χ3n) is 6.87. The third kappa shape index (κ3) is 3.33. The van der Waals surface area contributed by atoms with Crippen LogP contribution in [0.4, 0.5) is 5.95 Å². The summed E-state index contributed by atoms with van der Waals surface area (Å²) in [6.07, 6.45) is 10.3. The second-order valence-corrected chi connectivity index (χ2v) is 8.69. The highest BCUT2D eigenvalue weighted by molar-refractivity contribution is 5.49. The molecule has 3 aliphatic rings. The van der Waals surface area contributed by atoms with Crippen molar-refractivity contribution in [3.63, 3.8) is 0 Å². The van der Waals surface area contributed by atoms with Crippen molar-refractivity contribution in [3.05, 3.63) is 53.4 Å². The van der Waals surface area contributed by atoms with E-state index >= 15 is 0 Å². The Bertz CT molecular complexity index is 954. The van der Waals surface area contributed by atoms with E-state index < -0.39 is 0 Å². The van der Waals surface area contributed by atoms with Crippen molar-refractivity contribution in [1.29, 1.82) is 0 Å². The molecule has 6 nitrogen and oxygen atoms in total. The van der Waals surface area contributed by atoms with Gasteiger partial charge < -0.3 is 14.7 Å². The van der Waals surface area contributed by atoms with Crippen molar-refractivity contribution in [2.45, 2.75) is 57.2 Å². The van der Waals surface area contributed by atoms with Gasteiger partial charge in [-0.05, 0) is 43.7 Å². The number of aromatic hydroxyl groups is 1. The number of fused-ring (bicyclic) bond motifs is 4. The number of allylic oxidation sites excluding steroid dienone is 1. The Morgan fingerprint density at radius 2 is 2.10 bits per heavy atom. The molecule has 2 unspecified atom stereocenters. The van der Waals surface area contributed by atoms with Crippen molar-refractivity contribution < 1.29 is 9.84 Å². The Labute approximate surface area is 178 Å². The summed E-state index contributed by atoms with van der Waals surface area (Å²) in [7, 11) is 1.60. The van der Waals surface area contributed by atoms with Crippen molar-refractivity contribution in [2.24, 2.45) is 0 Å². The first-order chi connectivity index (χ1) is 14.7. The second-order valence-electron chi connectivity index (χ2n) is 8.69. The zero-order chi connectivity index (χ0) is 20.7. The van der Waals surface area contributed by atoms with Gasteiger partial charge in [0.05, 0.1) is 12.8 Å². The summed E-state index contributed by atoms with van der Waals surface area (Å²) >= 11 is 0. The number of ether oxygens (including phenoxy) is 1. The van der Waals surface area contributed by atoms with E-state index in [1.165, 1.54) is 30.5 Å². The van der Waals surface area contributed by atoms with Gasteiger partial charge in [0.2, 0.25) is 5.95 Å². The van der Waals surface area contributed by atoms with Crippen LogP contribution in [0.25, 0.3) is 0 Å². The quantitative estimate of drug-likeness (QED) is 0.737. The fourth-order valence-electron chi connectivity index (χ4n) is 5.38. The monoisotopic (exact) mass is 406 g/mol. The molecular weight excluding hydrogens is 376 g/mol. The fourth-order valence-corrected chi connectivity index (χ4v) is 5.38. The van der Waals surface area contributed by atoms with E-state index in [0.717, 1.165) is 49.6 Å². The standard InChI is InChI=1S/C24H30N4O2/c1-3-6-17-11-16(12-22(30-2)23(17)29)15-28-18-7-8-21(28)19-14-25-24(26-20(19)13-18)27-9-4-5-10-27/h3,11-12,14,18,21,29H,1,4-10,13,15H2,2H3. The predicted molar refractivity (Wildman–Crippen MR) is 117 cm³/mol. The molecule has 0 amide bonds. The lowest BCUT2D eigenvalue weighted by Crippen LogP contribution is -2.38. The minimum atomic E-state index is 0.218. The van der Waals surface area contributed by atoms with Gasteiger partial charge in [-0.15, -0.1) is 6.58 Å². The number of anilines is 1. The third-order valence-corrected chi connectivity index (χ3v) is 6.87. The molecule has 2 fully saturated rings. The number of aromatic nitrogens is 2. The average Bonchev–Trinajstić information content (AvgIpc) is 3.38. The van der Waals surface area contributed by atoms with Crippen LogP contribution in [0.3, 0.4) is 0 Å². The molecule has 0 spiro atoms. The van der Waals surface area contributed by atoms with Crippen LogP contribution < -0.4 is 9.64 Å². The molecule has 0 saturated carbocycles. The van der Waals surface area contributed by atoms with Gasteiger partial charge in [-0.2, -0.15) is 0 Å². The van der Waals surface area contributed by atoms with E-state index in [1.807, 2.05) is 12.1 Å². The maximum Gasteiger partial charge on any atom is 0.225 e. The van der Waals surface area contributed by atoms with E-state index in [1.54, 1.807) is 7.11 Å². The van der Waals surface area contributed by atoms with Gasteiger partial charge in [0.1, 0.15) is 0 Å². The molecule has 1 N–H and O–H groups in total. The van der Waals surface area contributed by atoms with Crippen LogP contribution in [-0.2, 0) is 19.4 Å². The number of phenolic OH excluding ortho intramolecular Hbond substituents is 1. The summed E-state index contributed by atoms with van der Waals surface area (Å²) in [4.78, 5) is 14.6. The summed E-state index contributed by atoms with van der Waals surface area (Å²) in [5.41, 5.74) is 4.56. The molecule has 2 aromatic rings. The van der Waals surface area contributed by atoms with E-state index in [4.69, 9.17) is 14.7 Å². The Morgan fingerprint density at radius 3 is 2.87 bits per heavy atom. The van der Waals surface area contributed by atoms with Gasteiger partial charge >= 0.3 is 0 Å². The molecule has 2 bridgehead atoms. The largest absolute Gasteiger partial charge is 0.504 e. The number of hydrogen-bond donors (Lipinski definition) is 1. The van der Waals surface area contributed by atoms with E-state index in [0.29, 0.717) is 24.3 Å². The summed E-state index contributed by atoms with van der Waals surface area (Å²) in [6, 6.07) is 4.92. The Kier molecular flexibility index (Phi) is 5.11. The fraction of sp³-hybridized carbons (Fsp3) is 0.500. The summed E-state index contributed by atoms with van der Waals surface area (Å²) in [5, 5.41) is 10.4. The zero-order valence-corrected chi connectivity index (χ0v) is 17.7. The van der Waals surface area contributed by atoms with Crippen LogP contribution >= 0.6 is 0 Å². The number of phenols is 1. The van der Waals surface area contributed by atoms with Gasteiger partial charge in [0.25, 0.3) is 0 Å². The molecule has 4 heterocycles. The van der Waals surface area contributed by atoms with Crippen molar-refractivity contribution in [1.82, 2.24) is 14.9 Å². The van der Waals surface area contributed by atoms with Gasteiger partial charge in [-0.1, -0.05) is 12.1 Å². The van der Waals surface area contributed by atoms with Gasteiger partial charge in [0.15, 0.2) is 11.5 Å². The first-order valence-corrected chi connectivity index (χ1v) is 11.0. The highest BCUT2D eigenvalue weighted by Crippen LogP contribution is 2.44. The zero-order valence-electron chi connectivity index (χ0n) is 17.7. The highest BCUT2D eigenvalue weighted by Gasteiger charge is 2.41. The topological polar surface area (TPSA) is 61.7 Å². The first kappa shape index (κ1) is 19.4. The van der Waals surface area contributed by atoms with Crippen LogP contribution in [0.1, 0.15) is 54.1 Å². The summed E-state index contributed by atoms with van der Waals surface area (Å²) in [6.45, 7) is 6.80. The Balaban J connectivity index is 1.41. The van der Waals surface area contributed by atoms with Crippen LogP contribution in [0, 0.1) is 0 Å². The SMILES string of the molecule is C=CCc1cc(CN2C3CCC2c2cnc(N4CCCC4)nc2C3)cc(OC)c1O. The van der Waals surface area contributed by atoms with E-state index in [-0.39, 0.29) is 5.75 Å². The van der Waals surface area contributed by atoms with Crippen LogP contribution in [0.15, 0.2) is 31.0 Å². The maximum atomic E-state index is 10.4. The van der Waals surface area contributed by atoms with Gasteiger partial charge in [-0.25, -0.2) is 9.97 Å². The number of benzene rings is 1.